The van der Waals surface area contributed by atoms with E-state index in [1.165, 1.54) is 18.9 Å². The van der Waals surface area contributed by atoms with E-state index in [1.807, 2.05) is 72.8 Å². The fourth-order valence-corrected chi connectivity index (χ4v) is 9.93. The maximum atomic E-state index is 14.2. The standard InChI is InChI=1S/C58H60O16S/c1-63-43-26-20-37(21-27-43)33-67-49-47(32-59)75-58(53(69-35-39-24-30-45(65-3)31-25-39)50(49)68-34-38-22-28-44(64-2)29-23-38)70-36-46-48(72-54(60)40-14-8-5-9-15-40)51(73-55(61)41-16-10-6-11-17-41)52(57(66-4)71-46)74-56(62)42-18-12-7-13-19-42/h5-31,46-53,57-59H,32-36H2,1-4H3/t46-,47-,48-,49-,50+,51+,52-,53-,57+,58+/m1/s1. The summed E-state index contributed by atoms with van der Waals surface area (Å²) in [6.07, 6.45) is -9.64. The van der Waals surface area contributed by atoms with Gasteiger partial charge in [0.1, 0.15) is 47.1 Å². The molecule has 17 heteroatoms. The predicted molar refractivity (Wildman–Crippen MR) is 276 cm³/mol. The lowest BCUT2D eigenvalue weighted by atomic mass is 9.97. The summed E-state index contributed by atoms with van der Waals surface area (Å²) < 4.78 is 74.6. The highest BCUT2D eigenvalue weighted by molar-refractivity contribution is 8.00. The molecular formula is C58H60O16S. The third-order valence-electron chi connectivity index (χ3n) is 12.6. The lowest BCUT2D eigenvalue weighted by Crippen LogP contribution is -2.63. The molecule has 0 bridgehead atoms. The average Bonchev–Trinajstić information content (AvgIpc) is 3.47. The number of ether oxygens (including phenoxy) is 12. The van der Waals surface area contributed by atoms with Crippen LogP contribution in [0.1, 0.15) is 47.8 Å². The van der Waals surface area contributed by atoms with Crippen LogP contribution in [0.2, 0.25) is 0 Å². The van der Waals surface area contributed by atoms with Crippen molar-refractivity contribution in [1.29, 1.82) is 0 Å². The summed E-state index contributed by atoms with van der Waals surface area (Å²) >= 11 is 1.27. The highest BCUT2D eigenvalue weighted by atomic mass is 32.2. The first-order valence-corrected chi connectivity index (χ1v) is 25.2. The fraction of sp³-hybridized carbons (Fsp3) is 0.328. The van der Waals surface area contributed by atoms with Gasteiger partial charge in [0.25, 0.3) is 0 Å². The Morgan fingerprint density at radius 1 is 0.453 bits per heavy atom. The van der Waals surface area contributed by atoms with Crippen molar-refractivity contribution in [2.24, 2.45) is 0 Å². The van der Waals surface area contributed by atoms with E-state index in [0.29, 0.717) is 17.2 Å². The van der Waals surface area contributed by atoms with Crippen molar-refractivity contribution in [2.75, 3.05) is 41.7 Å². The third kappa shape index (κ3) is 14.3. The first kappa shape index (κ1) is 54.5. The van der Waals surface area contributed by atoms with Gasteiger partial charge in [-0.25, -0.2) is 14.4 Å². The molecule has 1 N–H and O–H groups in total. The molecule has 10 atom stereocenters. The molecular weight excluding hydrogens is 985 g/mol. The molecule has 2 aliphatic heterocycles. The molecule has 8 rings (SSSR count). The lowest BCUT2D eigenvalue weighted by Gasteiger charge is -2.47. The molecule has 0 saturated carbocycles. The minimum atomic E-state index is -1.52. The average molecular weight is 1050 g/mol. The lowest BCUT2D eigenvalue weighted by molar-refractivity contribution is -0.296. The molecule has 6 aromatic carbocycles. The van der Waals surface area contributed by atoms with Crippen LogP contribution in [0.5, 0.6) is 17.2 Å². The summed E-state index contributed by atoms with van der Waals surface area (Å²) in [7, 11) is 6.13. The smallest absolute Gasteiger partial charge is 0.338 e. The van der Waals surface area contributed by atoms with Crippen molar-refractivity contribution in [3.8, 4) is 17.2 Å². The van der Waals surface area contributed by atoms with Gasteiger partial charge in [0.15, 0.2) is 24.6 Å². The number of thioether (sulfide) groups is 1. The van der Waals surface area contributed by atoms with E-state index in [1.54, 1.807) is 112 Å². The second-order valence-electron chi connectivity index (χ2n) is 17.4. The number of hydrogen-bond acceptors (Lipinski definition) is 17. The first-order valence-electron chi connectivity index (χ1n) is 24.3. The van der Waals surface area contributed by atoms with E-state index in [2.05, 4.69) is 0 Å². The van der Waals surface area contributed by atoms with Crippen LogP contribution in [0, 0.1) is 0 Å². The number of carbonyl (C=O) groups is 3. The molecule has 75 heavy (non-hydrogen) atoms. The van der Waals surface area contributed by atoms with Gasteiger partial charge in [-0.1, -0.05) is 91.0 Å². The quantitative estimate of drug-likeness (QED) is 0.0478. The number of aliphatic hydroxyl groups is 1. The van der Waals surface area contributed by atoms with Crippen molar-refractivity contribution in [1.82, 2.24) is 0 Å². The second-order valence-corrected chi connectivity index (χ2v) is 18.8. The van der Waals surface area contributed by atoms with Crippen LogP contribution in [0.4, 0.5) is 0 Å². The second kappa shape index (κ2) is 27.1. The van der Waals surface area contributed by atoms with E-state index in [0.717, 1.165) is 16.7 Å². The Bertz CT molecular complexity index is 2700. The van der Waals surface area contributed by atoms with Crippen molar-refractivity contribution < 1.29 is 76.3 Å². The number of esters is 3. The molecule has 2 saturated heterocycles. The molecule has 0 spiro atoms. The Balaban J connectivity index is 1.15. The van der Waals surface area contributed by atoms with Gasteiger partial charge in [0.2, 0.25) is 0 Å². The Labute approximate surface area is 439 Å². The van der Waals surface area contributed by atoms with E-state index in [9.17, 15) is 19.5 Å². The normalized spacial score (nSPS) is 23.3. The third-order valence-corrected chi connectivity index (χ3v) is 14.0. The zero-order valence-corrected chi connectivity index (χ0v) is 42.7. The molecule has 2 fully saturated rings. The van der Waals surface area contributed by atoms with E-state index in [4.69, 9.17) is 56.8 Å². The molecule has 0 radical (unpaired) electrons. The molecule has 0 amide bonds. The van der Waals surface area contributed by atoms with E-state index >= 15 is 0 Å². The van der Waals surface area contributed by atoms with Crippen LogP contribution in [0.15, 0.2) is 164 Å². The summed E-state index contributed by atoms with van der Waals surface area (Å²) in [6, 6.07) is 47.1. The van der Waals surface area contributed by atoms with Crippen molar-refractivity contribution in [3.05, 3.63) is 197 Å². The zero-order chi connectivity index (χ0) is 52.5. The molecule has 0 aliphatic carbocycles. The minimum absolute atomic E-state index is 0.0986. The highest BCUT2D eigenvalue weighted by Crippen LogP contribution is 2.41. The molecule has 2 heterocycles. The van der Waals surface area contributed by atoms with Gasteiger partial charge in [0, 0.05) is 7.11 Å². The fourth-order valence-electron chi connectivity index (χ4n) is 8.56. The van der Waals surface area contributed by atoms with Gasteiger partial charge < -0.3 is 61.9 Å². The molecule has 394 valence electrons. The predicted octanol–water partition coefficient (Wildman–Crippen LogP) is 8.27. The molecule has 6 aromatic rings. The SMILES string of the molecule is COc1ccc(CO[C@@H]2[C@@H](OCc3ccc(OC)cc3)[C@@H](OC[C@H]3O[C@H](OC)[C@H](OC(=O)c4ccccc4)[C@@H](OC(=O)c4ccccc4)[C@@H]3OC(=O)c3ccccc3)S[C@H](CO)[C@H]2OCc2ccc(OC)cc2)cc1. The van der Waals surface area contributed by atoms with Crippen LogP contribution in [0.3, 0.4) is 0 Å². The summed E-state index contributed by atoms with van der Waals surface area (Å²) in [4.78, 5) is 42.1. The van der Waals surface area contributed by atoms with Crippen molar-refractivity contribution >= 4 is 29.7 Å². The molecule has 16 nitrogen and oxygen atoms in total. The summed E-state index contributed by atoms with van der Waals surface area (Å²) in [5, 5.41) is 10.6. The molecule has 0 aromatic heterocycles. The largest absolute Gasteiger partial charge is 0.497 e. The Kier molecular flexibility index (Phi) is 19.7. The van der Waals surface area contributed by atoms with Gasteiger partial charge >= 0.3 is 17.9 Å². The van der Waals surface area contributed by atoms with Crippen molar-refractivity contribution in [3.63, 3.8) is 0 Å². The van der Waals surface area contributed by atoms with Gasteiger partial charge in [-0.15, -0.1) is 11.8 Å². The monoisotopic (exact) mass is 1040 g/mol. The number of rotatable bonds is 23. The molecule has 0 unspecified atom stereocenters. The maximum absolute atomic E-state index is 14.2. The number of carbonyl (C=O) groups excluding carboxylic acids is 3. The Hall–Kier alpha value is -6.80. The topological polar surface area (TPSA) is 182 Å². The van der Waals surface area contributed by atoms with E-state index < -0.39 is 77.6 Å². The number of aliphatic hydroxyl groups excluding tert-OH is 1. The van der Waals surface area contributed by atoms with Crippen LogP contribution >= 0.6 is 11.8 Å². The zero-order valence-electron chi connectivity index (χ0n) is 41.9. The number of benzene rings is 6. The van der Waals surface area contributed by atoms with Crippen LogP contribution in [-0.2, 0) is 62.5 Å². The minimum Gasteiger partial charge on any atom is -0.497 e. The Morgan fingerprint density at radius 3 is 1.24 bits per heavy atom. The van der Waals surface area contributed by atoms with Gasteiger partial charge in [-0.05, 0) is 89.5 Å². The van der Waals surface area contributed by atoms with Crippen molar-refractivity contribution in [2.45, 2.75) is 79.5 Å². The van der Waals surface area contributed by atoms with Gasteiger partial charge in [-0.3, -0.25) is 0 Å². The maximum Gasteiger partial charge on any atom is 0.338 e. The Morgan fingerprint density at radius 2 is 0.840 bits per heavy atom. The summed E-state index contributed by atoms with van der Waals surface area (Å²) in [5.41, 5.74) is 2.16. The van der Waals surface area contributed by atoms with E-state index in [-0.39, 0.29) is 49.7 Å². The number of hydrogen-bond donors (Lipinski definition) is 1. The van der Waals surface area contributed by atoms with Crippen LogP contribution < -0.4 is 14.2 Å². The van der Waals surface area contributed by atoms with Crippen LogP contribution in [-0.4, -0.2) is 124 Å². The van der Waals surface area contributed by atoms with Gasteiger partial charge in [0.05, 0.1) is 76.3 Å². The van der Waals surface area contributed by atoms with Gasteiger partial charge in [-0.2, -0.15) is 0 Å². The number of methoxy groups -OCH3 is 4. The molecule has 2 aliphatic rings. The summed E-state index contributed by atoms with van der Waals surface area (Å²) in [5.74, 6) is -0.319. The highest BCUT2D eigenvalue weighted by Gasteiger charge is 2.54. The summed E-state index contributed by atoms with van der Waals surface area (Å²) in [6.45, 7) is -0.314. The van der Waals surface area contributed by atoms with Crippen LogP contribution in [0.25, 0.3) is 0 Å². The first-order chi connectivity index (χ1) is 36.7.